The van der Waals surface area contributed by atoms with Crippen molar-refractivity contribution in [2.75, 3.05) is 21.3 Å². The molecule has 0 aromatic heterocycles. The molecule has 2 rings (SSSR count). The van der Waals surface area contributed by atoms with E-state index in [1.54, 1.807) is 21.3 Å². The Kier molecular flexibility index (Phi) is 5.56. The molecule has 2 aromatic rings. The number of aryl methyl sites for hydroxylation is 1. The Morgan fingerprint density at radius 3 is 2.09 bits per heavy atom. The highest BCUT2D eigenvalue weighted by molar-refractivity contribution is 6.17. The lowest BCUT2D eigenvalue weighted by Crippen LogP contribution is -1.97. The highest BCUT2D eigenvalue weighted by atomic mass is 35.5. The number of alkyl halides is 1. The van der Waals surface area contributed by atoms with Gasteiger partial charge in [0.05, 0.1) is 21.3 Å². The molecule has 0 aliphatic carbocycles. The first-order valence-electron chi connectivity index (χ1n) is 7.16. The standard InChI is InChI=1S/C18H21ClO3/c1-5-12-8-15(13(11-19)9-18(12)22-4)16-10-14(20-2)6-7-17(16)21-3/h6-10H,5,11H2,1-4H3. The number of halogens is 1. The van der Waals surface area contributed by atoms with Gasteiger partial charge in [0.2, 0.25) is 0 Å². The van der Waals surface area contributed by atoms with E-state index in [9.17, 15) is 0 Å². The van der Waals surface area contributed by atoms with Crippen molar-refractivity contribution in [3.8, 4) is 28.4 Å². The molecule has 0 atom stereocenters. The average molecular weight is 321 g/mol. The Bertz CT molecular complexity index is 653. The maximum Gasteiger partial charge on any atom is 0.126 e. The lowest BCUT2D eigenvalue weighted by molar-refractivity contribution is 0.404. The molecule has 2 aromatic carbocycles. The van der Waals surface area contributed by atoms with Crippen LogP contribution in [0.5, 0.6) is 17.2 Å². The number of methoxy groups -OCH3 is 3. The number of ether oxygens (including phenoxy) is 3. The SMILES string of the molecule is CCc1cc(-c2cc(OC)ccc2OC)c(CCl)cc1OC. The van der Waals surface area contributed by atoms with Gasteiger partial charge < -0.3 is 14.2 Å². The fourth-order valence-electron chi connectivity index (χ4n) is 2.52. The predicted octanol–water partition coefficient (Wildman–Crippen LogP) is 4.68. The first-order chi connectivity index (χ1) is 10.7. The molecule has 0 spiro atoms. The molecule has 0 fully saturated rings. The Labute approximate surface area is 136 Å². The van der Waals surface area contributed by atoms with Crippen molar-refractivity contribution in [1.29, 1.82) is 0 Å². The summed E-state index contributed by atoms with van der Waals surface area (Å²) >= 11 is 6.15. The van der Waals surface area contributed by atoms with Crippen LogP contribution in [-0.2, 0) is 12.3 Å². The van der Waals surface area contributed by atoms with Crippen LogP contribution in [0.15, 0.2) is 30.3 Å². The van der Waals surface area contributed by atoms with Crippen molar-refractivity contribution in [1.82, 2.24) is 0 Å². The summed E-state index contributed by atoms with van der Waals surface area (Å²) in [6, 6.07) is 9.87. The normalized spacial score (nSPS) is 10.4. The highest BCUT2D eigenvalue weighted by Crippen LogP contribution is 2.38. The molecule has 4 heteroatoms. The van der Waals surface area contributed by atoms with Gasteiger partial charge in [-0.25, -0.2) is 0 Å². The van der Waals surface area contributed by atoms with Crippen LogP contribution < -0.4 is 14.2 Å². The Hall–Kier alpha value is -1.87. The van der Waals surface area contributed by atoms with Gasteiger partial charge in [-0.1, -0.05) is 6.92 Å². The summed E-state index contributed by atoms with van der Waals surface area (Å²) in [6.45, 7) is 2.10. The second kappa shape index (κ2) is 7.41. The summed E-state index contributed by atoms with van der Waals surface area (Å²) in [5, 5.41) is 0. The van der Waals surface area contributed by atoms with E-state index < -0.39 is 0 Å². The Morgan fingerprint density at radius 1 is 0.818 bits per heavy atom. The largest absolute Gasteiger partial charge is 0.497 e. The number of benzene rings is 2. The number of rotatable bonds is 6. The third kappa shape index (κ3) is 3.14. The zero-order valence-electron chi connectivity index (χ0n) is 13.4. The van der Waals surface area contributed by atoms with Gasteiger partial charge in [-0.15, -0.1) is 11.6 Å². The van der Waals surface area contributed by atoms with E-state index in [0.29, 0.717) is 5.88 Å². The van der Waals surface area contributed by atoms with Crippen LogP contribution in [0.2, 0.25) is 0 Å². The minimum absolute atomic E-state index is 0.399. The minimum atomic E-state index is 0.399. The van der Waals surface area contributed by atoms with Crippen LogP contribution in [0.25, 0.3) is 11.1 Å². The van der Waals surface area contributed by atoms with Crippen molar-refractivity contribution in [3.05, 3.63) is 41.5 Å². The molecule has 0 amide bonds. The van der Waals surface area contributed by atoms with E-state index in [1.165, 1.54) is 0 Å². The van der Waals surface area contributed by atoms with Gasteiger partial charge in [-0.2, -0.15) is 0 Å². The average Bonchev–Trinajstić information content (AvgIpc) is 2.59. The monoisotopic (exact) mass is 320 g/mol. The molecule has 0 radical (unpaired) electrons. The molecule has 3 nitrogen and oxygen atoms in total. The quantitative estimate of drug-likeness (QED) is 0.723. The van der Waals surface area contributed by atoms with E-state index in [1.807, 2.05) is 24.3 Å². The van der Waals surface area contributed by atoms with Gasteiger partial charge in [-0.05, 0) is 53.4 Å². The van der Waals surface area contributed by atoms with E-state index in [0.717, 1.165) is 45.9 Å². The molecule has 22 heavy (non-hydrogen) atoms. The smallest absolute Gasteiger partial charge is 0.126 e. The van der Waals surface area contributed by atoms with Crippen LogP contribution in [0.1, 0.15) is 18.1 Å². The molecule has 0 bridgehead atoms. The second-order valence-electron chi connectivity index (χ2n) is 4.87. The first kappa shape index (κ1) is 16.5. The van der Waals surface area contributed by atoms with Gasteiger partial charge in [0.1, 0.15) is 17.2 Å². The van der Waals surface area contributed by atoms with E-state index in [2.05, 4.69) is 13.0 Å². The van der Waals surface area contributed by atoms with Crippen molar-refractivity contribution in [2.24, 2.45) is 0 Å². The van der Waals surface area contributed by atoms with Gasteiger partial charge in [0, 0.05) is 11.4 Å². The van der Waals surface area contributed by atoms with Crippen molar-refractivity contribution in [2.45, 2.75) is 19.2 Å². The molecule has 118 valence electrons. The molecule has 0 saturated carbocycles. The molecule has 0 N–H and O–H groups in total. The van der Waals surface area contributed by atoms with Crippen molar-refractivity contribution < 1.29 is 14.2 Å². The van der Waals surface area contributed by atoms with Gasteiger partial charge in [0.15, 0.2) is 0 Å². The zero-order valence-corrected chi connectivity index (χ0v) is 14.2. The fourth-order valence-corrected chi connectivity index (χ4v) is 2.74. The molecule has 0 unspecified atom stereocenters. The van der Waals surface area contributed by atoms with E-state index in [-0.39, 0.29) is 0 Å². The summed E-state index contributed by atoms with van der Waals surface area (Å²) in [6.07, 6.45) is 0.880. The first-order valence-corrected chi connectivity index (χ1v) is 7.70. The molecule has 0 aliphatic rings. The van der Waals surface area contributed by atoms with Crippen molar-refractivity contribution in [3.63, 3.8) is 0 Å². The second-order valence-corrected chi connectivity index (χ2v) is 5.14. The van der Waals surface area contributed by atoms with Gasteiger partial charge in [0.25, 0.3) is 0 Å². The summed E-state index contributed by atoms with van der Waals surface area (Å²) in [7, 11) is 4.99. The number of hydrogen-bond donors (Lipinski definition) is 0. The number of hydrogen-bond acceptors (Lipinski definition) is 3. The van der Waals surface area contributed by atoms with Crippen LogP contribution in [0.3, 0.4) is 0 Å². The minimum Gasteiger partial charge on any atom is -0.497 e. The van der Waals surface area contributed by atoms with Crippen LogP contribution in [0.4, 0.5) is 0 Å². The Morgan fingerprint density at radius 2 is 1.55 bits per heavy atom. The molecule has 0 saturated heterocycles. The molecular formula is C18H21ClO3. The topological polar surface area (TPSA) is 27.7 Å². The van der Waals surface area contributed by atoms with Crippen LogP contribution in [0, 0.1) is 0 Å². The van der Waals surface area contributed by atoms with Crippen LogP contribution in [-0.4, -0.2) is 21.3 Å². The summed E-state index contributed by atoms with van der Waals surface area (Å²) in [4.78, 5) is 0. The molecular weight excluding hydrogens is 300 g/mol. The van der Waals surface area contributed by atoms with Crippen molar-refractivity contribution >= 4 is 11.6 Å². The Balaban J connectivity index is 2.70. The maximum absolute atomic E-state index is 6.15. The third-order valence-corrected chi connectivity index (χ3v) is 4.02. The predicted molar refractivity (Wildman–Crippen MR) is 90.5 cm³/mol. The van der Waals surface area contributed by atoms with Crippen LogP contribution >= 0.6 is 11.6 Å². The lowest BCUT2D eigenvalue weighted by atomic mass is 9.95. The highest BCUT2D eigenvalue weighted by Gasteiger charge is 2.15. The molecule has 0 aliphatic heterocycles. The molecule has 0 heterocycles. The van der Waals surface area contributed by atoms with E-state index in [4.69, 9.17) is 25.8 Å². The summed E-state index contributed by atoms with van der Waals surface area (Å²) in [5.74, 6) is 2.84. The fraction of sp³-hybridized carbons (Fsp3) is 0.333. The summed E-state index contributed by atoms with van der Waals surface area (Å²) < 4.78 is 16.3. The maximum atomic E-state index is 6.15. The van der Waals surface area contributed by atoms with Gasteiger partial charge in [-0.3, -0.25) is 0 Å². The zero-order chi connectivity index (χ0) is 16.1. The lowest BCUT2D eigenvalue weighted by Gasteiger charge is -2.17. The van der Waals surface area contributed by atoms with E-state index >= 15 is 0 Å². The summed E-state index contributed by atoms with van der Waals surface area (Å²) in [5.41, 5.74) is 4.15. The van der Waals surface area contributed by atoms with Gasteiger partial charge >= 0.3 is 0 Å². The third-order valence-electron chi connectivity index (χ3n) is 3.73.